The van der Waals surface area contributed by atoms with Gasteiger partial charge in [-0.15, -0.1) is 0 Å². The number of aromatic nitrogens is 3. The fraction of sp³-hybridized carbons (Fsp3) is 0.235. The van der Waals surface area contributed by atoms with Crippen LogP contribution in [0.3, 0.4) is 0 Å². The number of hydrogen-bond donors (Lipinski definition) is 1. The number of pyridine rings is 1. The molecule has 0 radical (unpaired) electrons. The average Bonchev–Trinajstić information content (AvgIpc) is 3.41. The van der Waals surface area contributed by atoms with Crippen molar-refractivity contribution in [1.29, 1.82) is 5.26 Å². The summed E-state index contributed by atoms with van der Waals surface area (Å²) in [7, 11) is 0. The molecule has 0 spiro atoms. The molecule has 0 unspecified atom stereocenters. The van der Waals surface area contributed by atoms with Gasteiger partial charge in [0, 0.05) is 49.8 Å². The van der Waals surface area contributed by atoms with Crippen molar-refractivity contribution in [2.75, 3.05) is 32.8 Å². The van der Waals surface area contributed by atoms with Crippen molar-refractivity contribution in [3.05, 3.63) is 112 Å². The predicted molar refractivity (Wildman–Crippen MR) is 162 cm³/mol. The Labute approximate surface area is 262 Å². The van der Waals surface area contributed by atoms with E-state index in [2.05, 4.69) is 14.9 Å². The molecule has 234 valence electrons. The zero-order valence-corrected chi connectivity index (χ0v) is 24.5. The number of fused-ring (bicyclic) bond motifs is 1. The summed E-state index contributed by atoms with van der Waals surface area (Å²) in [6.45, 7) is 3.71. The molecular formula is C34H28F3N5O4. The zero-order valence-electron chi connectivity index (χ0n) is 24.5. The third-order valence-electron chi connectivity index (χ3n) is 7.86. The Morgan fingerprint density at radius 1 is 0.935 bits per heavy atom. The highest BCUT2D eigenvalue weighted by atomic mass is 19.1. The molecule has 0 aliphatic carbocycles. The van der Waals surface area contributed by atoms with Gasteiger partial charge in [-0.05, 0) is 54.1 Å². The van der Waals surface area contributed by atoms with Gasteiger partial charge < -0.3 is 19.1 Å². The number of imidazole rings is 1. The number of benzene rings is 3. The number of ether oxygens (including phenoxy) is 2. The molecule has 12 heteroatoms. The summed E-state index contributed by atoms with van der Waals surface area (Å²) in [6, 6.07) is 17.3. The standard InChI is InChI=1S/C34H28F3N5O4/c35-26-14-21(19-38)4-5-23(26)20-46-33-3-1-2-29(40-33)25-18-27(36)24(15-28(25)37)17-32-39-30-7-6-22(34(43)44)16-31(30)42(32)9-8-41-10-12-45-13-11-41/h1-7,14-16,18H,8-13,17,20H2,(H,43,44). The summed E-state index contributed by atoms with van der Waals surface area (Å²) in [5.74, 6) is -2.49. The lowest BCUT2D eigenvalue weighted by molar-refractivity contribution is 0.0364. The van der Waals surface area contributed by atoms with E-state index in [1.165, 1.54) is 30.3 Å². The highest BCUT2D eigenvalue weighted by molar-refractivity contribution is 5.92. The van der Waals surface area contributed by atoms with Crippen LogP contribution in [0.25, 0.3) is 22.3 Å². The molecule has 1 aliphatic heterocycles. The van der Waals surface area contributed by atoms with E-state index in [1.807, 2.05) is 10.6 Å². The Bertz CT molecular complexity index is 1970. The number of carboxylic acids is 1. The predicted octanol–water partition coefficient (Wildman–Crippen LogP) is 5.59. The molecular weight excluding hydrogens is 599 g/mol. The zero-order chi connectivity index (χ0) is 32.2. The van der Waals surface area contributed by atoms with E-state index in [0.29, 0.717) is 43.2 Å². The third-order valence-corrected chi connectivity index (χ3v) is 7.86. The van der Waals surface area contributed by atoms with E-state index in [9.17, 15) is 14.3 Å². The Kier molecular flexibility index (Phi) is 8.96. The van der Waals surface area contributed by atoms with Crippen LogP contribution in [0, 0.1) is 28.8 Å². The second-order valence-electron chi connectivity index (χ2n) is 10.8. The van der Waals surface area contributed by atoms with Crippen molar-refractivity contribution in [3.8, 4) is 23.2 Å². The Morgan fingerprint density at radius 3 is 2.50 bits per heavy atom. The summed E-state index contributed by atoms with van der Waals surface area (Å²) >= 11 is 0. The van der Waals surface area contributed by atoms with Crippen LogP contribution in [-0.4, -0.2) is 63.4 Å². The molecule has 1 aliphatic rings. The van der Waals surface area contributed by atoms with Crippen molar-refractivity contribution in [1.82, 2.24) is 19.4 Å². The minimum atomic E-state index is -1.07. The number of aromatic carboxylic acids is 1. The molecule has 2 aromatic heterocycles. The maximum Gasteiger partial charge on any atom is 0.335 e. The van der Waals surface area contributed by atoms with Crippen LogP contribution < -0.4 is 4.74 Å². The van der Waals surface area contributed by atoms with Gasteiger partial charge >= 0.3 is 5.97 Å². The molecule has 6 rings (SSSR count). The summed E-state index contributed by atoms with van der Waals surface area (Å²) in [6.07, 6.45) is -0.0318. The molecule has 3 heterocycles. The lowest BCUT2D eigenvalue weighted by atomic mass is 10.0. The maximum atomic E-state index is 15.6. The fourth-order valence-corrected chi connectivity index (χ4v) is 5.38. The van der Waals surface area contributed by atoms with Crippen LogP contribution in [-0.2, 0) is 24.3 Å². The van der Waals surface area contributed by atoms with Gasteiger partial charge in [0.2, 0.25) is 5.88 Å². The number of carbonyl (C=O) groups is 1. The number of carboxylic acid groups (broad SMARTS) is 1. The van der Waals surface area contributed by atoms with Crippen molar-refractivity contribution < 1.29 is 32.5 Å². The highest BCUT2D eigenvalue weighted by Gasteiger charge is 2.20. The first-order chi connectivity index (χ1) is 22.3. The summed E-state index contributed by atoms with van der Waals surface area (Å²) < 4.78 is 58.3. The molecule has 9 nitrogen and oxygen atoms in total. The van der Waals surface area contributed by atoms with Crippen LogP contribution in [0.1, 0.15) is 32.9 Å². The number of nitrogens with zero attached hydrogens (tertiary/aromatic N) is 5. The first-order valence-corrected chi connectivity index (χ1v) is 14.6. The average molecular weight is 628 g/mol. The van der Waals surface area contributed by atoms with Gasteiger partial charge in [-0.1, -0.05) is 12.1 Å². The minimum Gasteiger partial charge on any atom is -0.478 e. The quantitative estimate of drug-likeness (QED) is 0.213. The summed E-state index contributed by atoms with van der Waals surface area (Å²) in [5.41, 5.74) is 1.77. The molecule has 1 N–H and O–H groups in total. The smallest absolute Gasteiger partial charge is 0.335 e. The first-order valence-electron chi connectivity index (χ1n) is 14.6. The van der Waals surface area contributed by atoms with Crippen molar-refractivity contribution in [3.63, 3.8) is 0 Å². The molecule has 0 amide bonds. The Hall–Kier alpha value is -5.25. The topological polar surface area (TPSA) is 113 Å². The van der Waals surface area contributed by atoms with Crippen LogP contribution in [0.5, 0.6) is 5.88 Å². The van der Waals surface area contributed by atoms with Crippen LogP contribution in [0.2, 0.25) is 0 Å². The van der Waals surface area contributed by atoms with E-state index in [0.717, 1.165) is 31.3 Å². The van der Waals surface area contributed by atoms with Gasteiger partial charge in [0.05, 0.1) is 47.1 Å². The highest BCUT2D eigenvalue weighted by Crippen LogP contribution is 2.28. The van der Waals surface area contributed by atoms with Gasteiger partial charge in [-0.2, -0.15) is 5.26 Å². The van der Waals surface area contributed by atoms with Gasteiger partial charge in [0.25, 0.3) is 0 Å². The van der Waals surface area contributed by atoms with Crippen molar-refractivity contribution >= 4 is 17.0 Å². The SMILES string of the molecule is N#Cc1ccc(COc2cccc(-c3cc(F)c(Cc4nc5ccc(C(=O)O)cc5n4CCN4CCOCC4)cc3F)n2)c(F)c1. The minimum absolute atomic E-state index is 0.0318. The normalized spacial score (nSPS) is 13.5. The van der Waals surface area contributed by atoms with E-state index in [1.54, 1.807) is 18.2 Å². The van der Waals surface area contributed by atoms with E-state index >= 15 is 8.78 Å². The number of halogens is 3. The Balaban J connectivity index is 1.25. The van der Waals surface area contributed by atoms with E-state index in [4.69, 9.17) is 14.7 Å². The van der Waals surface area contributed by atoms with Crippen LogP contribution in [0.15, 0.2) is 66.7 Å². The molecule has 1 fully saturated rings. The molecule has 1 saturated heterocycles. The summed E-state index contributed by atoms with van der Waals surface area (Å²) in [5, 5.41) is 18.5. The van der Waals surface area contributed by atoms with Crippen molar-refractivity contribution in [2.45, 2.75) is 19.6 Å². The van der Waals surface area contributed by atoms with Gasteiger partial charge in [-0.3, -0.25) is 4.90 Å². The van der Waals surface area contributed by atoms with Crippen LogP contribution >= 0.6 is 0 Å². The maximum absolute atomic E-state index is 15.6. The molecule has 46 heavy (non-hydrogen) atoms. The molecule has 3 aromatic carbocycles. The molecule has 0 saturated carbocycles. The lowest BCUT2D eigenvalue weighted by Crippen LogP contribution is -2.38. The molecule has 5 aromatic rings. The lowest BCUT2D eigenvalue weighted by Gasteiger charge is -2.27. The van der Waals surface area contributed by atoms with Gasteiger partial charge in [-0.25, -0.2) is 27.9 Å². The number of hydrogen-bond acceptors (Lipinski definition) is 7. The van der Waals surface area contributed by atoms with E-state index < -0.39 is 23.4 Å². The van der Waals surface area contributed by atoms with E-state index in [-0.39, 0.29) is 52.4 Å². The van der Waals surface area contributed by atoms with Gasteiger partial charge in [0.1, 0.15) is 29.9 Å². The molecule has 0 bridgehead atoms. The monoisotopic (exact) mass is 627 g/mol. The molecule has 0 atom stereocenters. The summed E-state index contributed by atoms with van der Waals surface area (Å²) in [4.78, 5) is 22.8. The number of nitriles is 1. The third kappa shape index (κ3) is 6.71. The van der Waals surface area contributed by atoms with Crippen LogP contribution in [0.4, 0.5) is 13.2 Å². The largest absolute Gasteiger partial charge is 0.478 e. The van der Waals surface area contributed by atoms with Crippen molar-refractivity contribution in [2.24, 2.45) is 0 Å². The number of rotatable bonds is 10. The Morgan fingerprint density at radius 2 is 1.74 bits per heavy atom. The van der Waals surface area contributed by atoms with Gasteiger partial charge in [0.15, 0.2) is 0 Å². The fourth-order valence-electron chi connectivity index (χ4n) is 5.38. The first kappa shape index (κ1) is 30.8. The number of morpholine rings is 1. The second kappa shape index (κ2) is 13.4. The second-order valence-corrected chi connectivity index (χ2v) is 10.8.